The van der Waals surface area contributed by atoms with Crippen molar-refractivity contribution in [2.45, 2.75) is 20.3 Å². The van der Waals surface area contributed by atoms with Gasteiger partial charge in [-0.05, 0) is 25.0 Å². The van der Waals surface area contributed by atoms with Crippen molar-refractivity contribution >= 4 is 23.2 Å². The maximum atomic E-state index is 11.7. The summed E-state index contributed by atoms with van der Waals surface area (Å²) in [7, 11) is 0. The molecule has 1 unspecified atom stereocenters. The van der Waals surface area contributed by atoms with E-state index in [1.54, 1.807) is 13.0 Å². The van der Waals surface area contributed by atoms with E-state index in [1.165, 1.54) is 0 Å². The second kappa shape index (κ2) is 5.53. The van der Waals surface area contributed by atoms with Gasteiger partial charge in [0.25, 0.3) is 0 Å². The number of hydrogen-bond acceptors (Lipinski definition) is 2. The third kappa shape index (κ3) is 2.74. The lowest BCUT2D eigenvalue weighted by Crippen LogP contribution is -2.21. The van der Waals surface area contributed by atoms with E-state index in [9.17, 15) is 4.79 Å². The molecule has 4 heteroatoms. The van der Waals surface area contributed by atoms with Crippen molar-refractivity contribution in [3.05, 3.63) is 28.8 Å². The molecule has 0 saturated carbocycles. The SMILES string of the molecule is CCC(C#N)C(=O)Nc1c(C)cccc1Cl. The van der Waals surface area contributed by atoms with Crippen LogP contribution < -0.4 is 5.32 Å². The molecule has 1 atom stereocenters. The first kappa shape index (κ1) is 12.5. The summed E-state index contributed by atoms with van der Waals surface area (Å²) in [5.74, 6) is -0.933. The molecule has 0 aromatic heterocycles. The molecule has 1 aromatic carbocycles. The lowest BCUT2D eigenvalue weighted by Gasteiger charge is -2.12. The van der Waals surface area contributed by atoms with Crippen LogP contribution in [0.1, 0.15) is 18.9 Å². The summed E-state index contributed by atoms with van der Waals surface area (Å²) in [6.45, 7) is 3.65. The van der Waals surface area contributed by atoms with E-state index >= 15 is 0 Å². The van der Waals surface area contributed by atoms with Gasteiger partial charge in [0.1, 0.15) is 5.92 Å². The number of rotatable bonds is 3. The third-order valence-electron chi connectivity index (χ3n) is 2.35. The number of nitrogens with one attached hydrogen (secondary N) is 1. The zero-order valence-corrected chi connectivity index (χ0v) is 10.0. The van der Waals surface area contributed by atoms with Gasteiger partial charge in [0.15, 0.2) is 0 Å². The molecular weight excluding hydrogens is 224 g/mol. The fraction of sp³-hybridized carbons (Fsp3) is 0.333. The monoisotopic (exact) mass is 236 g/mol. The average Bonchev–Trinajstić information content (AvgIpc) is 2.25. The smallest absolute Gasteiger partial charge is 0.241 e. The summed E-state index contributed by atoms with van der Waals surface area (Å²) >= 11 is 5.97. The number of aryl methyl sites for hydroxylation is 1. The average molecular weight is 237 g/mol. The van der Waals surface area contributed by atoms with Crippen LogP contribution in [0.5, 0.6) is 0 Å². The topological polar surface area (TPSA) is 52.9 Å². The number of amides is 1. The Bertz CT molecular complexity index is 417. The van der Waals surface area contributed by atoms with Crippen molar-refractivity contribution in [3.63, 3.8) is 0 Å². The molecular formula is C12H13ClN2O. The van der Waals surface area contributed by atoms with Gasteiger partial charge in [0, 0.05) is 0 Å². The largest absolute Gasteiger partial charge is 0.323 e. The highest BCUT2D eigenvalue weighted by molar-refractivity contribution is 6.33. The van der Waals surface area contributed by atoms with Gasteiger partial charge in [-0.15, -0.1) is 0 Å². The van der Waals surface area contributed by atoms with Crippen LogP contribution in [0, 0.1) is 24.2 Å². The van der Waals surface area contributed by atoms with Crippen LogP contribution in [0.15, 0.2) is 18.2 Å². The Morgan fingerprint density at radius 3 is 2.81 bits per heavy atom. The molecule has 0 bridgehead atoms. The first-order chi connectivity index (χ1) is 7.60. The fourth-order valence-corrected chi connectivity index (χ4v) is 1.60. The Hall–Kier alpha value is -1.53. The predicted molar refractivity (Wildman–Crippen MR) is 64.2 cm³/mol. The van der Waals surface area contributed by atoms with Crippen LogP contribution in [0.25, 0.3) is 0 Å². The molecule has 1 rings (SSSR count). The Kier molecular flexibility index (Phi) is 4.33. The van der Waals surface area contributed by atoms with Gasteiger partial charge >= 0.3 is 0 Å². The Morgan fingerprint density at radius 2 is 2.31 bits per heavy atom. The highest BCUT2D eigenvalue weighted by atomic mass is 35.5. The zero-order valence-electron chi connectivity index (χ0n) is 9.25. The highest BCUT2D eigenvalue weighted by Crippen LogP contribution is 2.25. The first-order valence-corrected chi connectivity index (χ1v) is 5.43. The van der Waals surface area contributed by atoms with Crippen LogP contribution in [-0.2, 0) is 4.79 Å². The first-order valence-electron chi connectivity index (χ1n) is 5.05. The van der Waals surface area contributed by atoms with Crippen LogP contribution in [0.3, 0.4) is 0 Å². The van der Waals surface area contributed by atoms with Gasteiger partial charge in [-0.1, -0.05) is 30.7 Å². The number of carbonyl (C=O) groups excluding carboxylic acids is 1. The van der Waals surface area contributed by atoms with Gasteiger partial charge < -0.3 is 5.32 Å². The number of hydrogen-bond donors (Lipinski definition) is 1. The van der Waals surface area contributed by atoms with Crippen molar-refractivity contribution in [2.75, 3.05) is 5.32 Å². The van der Waals surface area contributed by atoms with E-state index in [0.717, 1.165) is 5.56 Å². The molecule has 84 valence electrons. The molecule has 0 spiro atoms. The number of para-hydroxylation sites is 1. The summed E-state index contributed by atoms with van der Waals surface area (Å²) in [5, 5.41) is 11.9. The molecule has 0 aliphatic carbocycles. The van der Waals surface area contributed by atoms with E-state index < -0.39 is 5.92 Å². The minimum Gasteiger partial charge on any atom is -0.323 e. The normalized spacial score (nSPS) is 11.6. The molecule has 1 amide bonds. The molecule has 0 fully saturated rings. The summed E-state index contributed by atoms with van der Waals surface area (Å²) in [4.78, 5) is 11.7. The van der Waals surface area contributed by atoms with E-state index in [1.807, 2.05) is 25.1 Å². The number of anilines is 1. The van der Waals surface area contributed by atoms with Crippen molar-refractivity contribution in [1.29, 1.82) is 5.26 Å². The van der Waals surface area contributed by atoms with E-state index in [4.69, 9.17) is 16.9 Å². The minimum absolute atomic E-state index is 0.304. The number of halogens is 1. The Balaban J connectivity index is 2.89. The molecule has 0 saturated heterocycles. The molecule has 3 nitrogen and oxygen atoms in total. The second-order valence-corrected chi connectivity index (χ2v) is 3.92. The molecule has 0 aliphatic heterocycles. The summed E-state index contributed by atoms with van der Waals surface area (Å²) in [5.41, 5.74) is 1.47. The maximum Gasteiger partial charge on any atom is 0.241 e. The number of nitriles is 1. The summed E-state index contributed by atoms with van der Waals surface area (Å²) < 4.78 is 0. The number of carbonyl (C=O) groups is 1. The molecule has 1 N–H and O–H groups in total. The Morgan fingerprint density at radius 1 is 1.62 bits per heavy atom. The lowest BCUT2D eigenvalue weighted by atomic mass is 10.1. The van der Waals surface area contributed by atoms with Gasteiger partial charge in [-0.25, -0.2) is 0 Å². The lowest BCUT2D eigenvalue weighted by molar-refractivity contribution is -0.118. The molecule has 1 aromatic rings. The van der Waals surface area contributed by atoms with Gasteiger partial charge in [0.05, 0.1) is 16.8 Å². The predicted octanol–water partition coefficient (Wildman–Crippen LogP) is 3.14. The standard InChI is InChI=1S/C12H13ClN2O/c1-3-9(7-14)12(16)15-11-8(2)5-4-6-10(11)13/h4-6,9H,3H2,1-2H3,(H,15,16). The van der Waals surface area contributed by atoms with Crippen molar-refractivity contribution in [2.24, 2.45) is 5.92 Å². The number of benzene rings is 1. The summed E-state index contributed by atoms with van der Waals surface area (Å²) in [6, 6.07) is 7.33. The zero-order chi connectivity index (χ0) is 12.1. The van der Waals surface area contributed by atoms with E-state index in [2.05, 4.69) is 5.32 Å². The van der Waals surface area contributed by atoms with Gasteiger partial charge in [-0.2, -0.15) is 5.26 Å². The third-order valence-corrected chi connectivity index (χ3v) is 2.67. The molecule has 0 aliphatic rings. The second-order valence-electron chi connectivity index (χ2n) is 3.51. The Labute approximate surface area is 100 Å². The fourth-order valence-electron chi connectivity index (χ4n) is 1.34. The van der Waals surface area contributed by atoms with Gasteiger partial charge in [0.2, 0.25) is 5.91 Å². The van der Waals surface area contributed by atoms with E-state index in [0.29, 0.717) is 17.1 Å². The van der Waals surface area contributed by atoms with Crippen molar-refractivity contribution in [1.82, 2.24) is 0 Å². The van der Waals surface area contributed by atoms with Crippen LogP contribution in [0.2, 0.25) is 5.02 Å². The summed E-state index contributed by atoms with van der Waals surface area (Å²) in [6.07, 6.45) is 0.492. The van der Waals surface area contributed by atoms with Crippen LogP contribution in [-0.4, -0.2) is 5.91 Å². The van der Waals surface area contributed by atoms with Crippen LogP contribution >= 0.6 is 11.6 Å². The molecule has 0 radical (unpaired) electrons. The quantitative estimate of drug-likeness (QED) is 0.877. The molecule has 0 heterocycles. The highest BCUT2D eigenvalue weighted by Gasteiger charge is 2.17. The minimum atomic E-state index is -0.629. The van der Waals surface area contributed by atoms with E-state index in [-0.39, 0.29) is 5.91 Å². The van der Waals surface area contributed by atoms with Crippen molar-refractivity contribution in [3.8, 4) is 6.07 Å². The maximum absolute atomic E-state index is 11.7. The number of nitrogens with zero attached hydrogens (tertiary/aromatic N) is 1. The molecule has 16 heavy (non-hydrogen) atoms. The van der Waals surface area contributed by atoms with Crippen molar-refractivity contribution < 1.29 is 4.79 Å². The van der Waals surface area contributed by atoms with Gasteiger partial charge in [-0.3, -0.25) is 4.79 Å². The van der Waals surface area contributed by atoms with Crippen LogP contribution in [0.4, 0.5) is 5.69 Å².